The third-order valence-corrected chi connectivity index (χ3v) is 3.97. The number of ether oxygens (including phenoxy) is 1. The molecule has 4 rings (SSSR count). The Morgan fingerprint density at radius 1 is 1.25 bits per heavy atom. The van der Waals surface area contributed by atoms with Crippen LogP contribution in [0.2, 0.25) is 0 Å². The molecular weight excluding hydrogens is 302 g/mol. The number of pyridine rings is 1. The molecule has 1 aromatic carbocycles. The van der Waals surface area contributed by atoms with Crippen LogP contribution in [0.5, 0.6) is 0 Å². The molecule has 118 valence electrons. The maximum atomic E-state index is 12.6. The molecule has 0 spiro atoms. The molecule has 1 unspecified atom stereocenters. The van der Waals surface area contributed by atoms with Gasteiger partial charge in [0.1, 0.15) is 18.1 Å². The first-order valence-electron chi connectivity index (χ1n) is 7.79. The van der Waals surface area contributed by atoms with E-state index in [1.807, 2.05) is 37.3 Å². The van der Waals surface area contributed by atoms with Crippen molar-refractivity contribution >= 4 is 10.9 Å². The summed E-state index contributed by atoms with van der Waals surface area (Å²) in [6, 6.07) is 11.1. The molecule has 0 fully saturated rings. The van der Waals surface area contributed by atoms with Crippen molar-refractivity contribution in [1.29, 1.82) is 0 Å². The van der Waals surface area contributed by atoms with Crippen molar-refractivity contribution in [2.24, 2.45) is 0 Å². The van der Waals surface area contributed by atoms with Gasteiger partial charge >= 0.3 is 0 Å². The van der Waals surface area contributed by atoms with Crippen LogP contribution in [0.15, 0.2) is 47.4 Å². The van der Waals surface area contributed by atoms with Gasteiger partial charge in [-0.15, -0.1) is 0 Å². The molecule has 0 N–H and O–H groups in total. The molecule has 1 aliphatic rings. The van der Waals surface area contributed by atoms with E-state index in [-0.39, 0.29) is 11.7 Å². The topological polar surface area (TPSA) is 57.0 Å². The molecule has 0 bridgehead atoms. The predicted molar refractivity (Wildman–Crippen MR) is 90.5 cm³/mol. The smallest absolute Gasteiger partial charge is 0.261 e. The van der Waals surface area contributed by atoms with Gasteiger partial charge in [0.25, 0.3) is 5.56 Å². The summed E-state index contributed by atoms with van der Waals surface area (Å²) < 4.78 is 7.29. The normalized spacial score (nSPS) is 16.3. The first-order chi connectivity index (χ1) is 11.7. The summed E-state index contributed by atoms with van der Waals surface area (Å²) in [7, 11) is 0. The van der Waals surface area contributed by atoms with Crippen molar-refractivity contribution in [1.82, 2.24) is 14.5 Å². The Morgan fingerprint density at radius 3 is 3.00 bits per heavy atom. The molecule has 5 nitrogen and oxygen atoms in total. The number of hydrogen-bond acceptors (Lipinski definition) is 4. The van der Waals surface area contributed by atoms with Crippen LogP contribution in [0.3, 0.4) is 0 Å². The zero-order chi connectivity index (χ0) is 16.5. The first kappa shape index (κ1) is 14.6. The highest BCUT2D eigenvalue weighted by molar-refractivity contribution is 5.79. The van der Waals surface area contributed by atoms with E-state index in [9.17, 15) is 4.79 Å². The number of hydrogen-bond donors (Lipinski definition) is 0. The molecule has 1 aliphatic heterocycles. The van der Waals surface area contributed by atoms with Crippen LogP contribution < -0.4 is 5.56 Å². The molecular formula is C19H15N3O2. The molecule has 0 amide bonds. The fourth-order valence-electron chi connectivity index (χ4n) is 2.74. The molecule has 24 heavy (non-hydrogen) atoms. The third kappa shape index (κ3) is 2.68. The van der Waals surface area contributed by atoms with Gasteiger partial charge in [0.2, 0.25) is 0 Å². The lowest BCUT2D eigenvalue weighted by atomic mass is 10.1. The van der Waals surface area contributed by atoms with Gasteiger partial charge < -0.3 is 4.74 Å². The molecule has 2 aromatic heterocycles. The summed E-state index contributed by atoms with van der Waals surface area (Å²) in [4.78, 5) is 21.4. The zero-order valence-electron chi connectivity index (χ0n) is 13.2. The van der Waals surface area contributed by atoms with Gasteiger partial charge in [-0.3, -0.25) is 9.36 Å². The van der Waals surface area contributed by atoms with Gasteiger partial charge in [-0.2, -0.15) is 0 Å². The summed E-state index contributed by atoms with van der Waals surface area (Å²) in [5.41, 5.74) is 2.14. The largest absolute Gasteiger partial charge is 0.369 e. The maximum absolute atomic E-state index is 12.6. The van der Waals surface area contributed by atoms with Crippen LogP contribution in [0.4, 0.5) is 0 Å². The van der Waals surface area contributed by atoms with Gasteiger partial charge in [-0.25, -0.2) is 9.97 Å². The summed E-state index contributed by atoms with van der Waals surface area (Å²) in [6.07, 6.45) is 1.73. The van der Waals surface area contributed by atoms with E-state index in [1.165, 1.54) is 0 Å². The fourth-order valence-corrected chi connectivity index (χ4v) is 2.74. The number of nitrogens with zero attached hydrogens (tertiary/aromatic N) is 3. The Balaban J connectivity index is 1.78. The fraction of sp³-hybridized carbons (Fsp3) is 0.211. The van der Waals surface area contributed by atoms with E-state index < -0.39 is 0 Å². The maximum Gasteiger partial charge on any atom is 0.261 e. The number of aromatic nitrogens is 3. The highest BCUT2D eigenvalue weighted by Crippen LogP contribution is 2.15. The molecule has 0 saturated heterocycles. The van der Waals surface area contributed by atoms with E-state index in [0.717, 1.165) is 5.56 Å². The van der Waals surface area contributed by atoms with Crippen molar-refractivity contribution in [2.75, 3.05) is 0 Å². The van der Waals surface area contributed by atoms with E-state index in [2.05, 4.69) is 21.8 Å². The Bertz CT molecular complexity index is 1030. The average Bonchev–Trinajstić information content (AvgIpc) is 2.61. The second-order valence-electron chi connectivity index (χ2n) is 5.76. The average molecular weight is 317 g/mol. The van der Waals surface area contributed by atoms with Gasteiger partial charge in [-0.05, 0) is 43.2 Å². The van der Waals surface area contributed by atoms with Gasteiger partial charge in [0.15, 0.2) is 0 Å². The zero-order valence-corrected chi connectivity index (χ0v) is 13.2. The van der Waals surface area contributed by atoms with Gasteiger partial charge in [0, 0.05) is 11.8 Å². The standard InChI is InChI=1S/C19H15N3O2/c1-13-11-22-18(12-24-13)21-17-10-14(6-8-16(17)19(22)23)5-7-15-4-2-3-9-20-15/h2-4,6,8-10,13H,11-12H2,1H3. The number of benzene rings is 1. The highest BCUT2D eigenvalue weighted by Gasteiger charge is 2.19. The number of fused-ring (bicyclic) bond motifs is 2. The van der Waals surface area contributed by atoms with Crippen LogP contribution >= 0.6 is 0 Å². The van der Waals surface area contributed by atoms with Gasteiger partial charge in [-0.1, -0.05) is 12.0 Å². The van der Waals surface area contributed by atoms with E-state index >= 15 is 0 Å². The summed E-state index contributed by atoms with van der Waals surface area (Å²) in [5.74, 6) is 6.75. The summed E-state index contributed by atoms with van der Waals surface area (Å²) >= 11 is 0. The minimum Gasteiger partial charge on any atom is -0.369 e. The van der Waals surface area contributed by atoms with Gasteiger partial charge in [0.05, 0.1) is 23.6 Å². The van der Waals surface area contributed by atoms with Crippen molar-refractivity contribution < 1.29 is 4.74 Å². The summed E-state index contributed by atoms with van der Waals surface area (Å²) in [6.45, 7) is 2.85. The van der Waals surface area contributed by atoms with E-state index in [1.54, 1.807) is 16.8 Å². The van der Waals surface area contributed by atoms with Crippen LogP contribution in [0.25, 0.3) is 10.9 Å². The van der Waals surface area contributed by atoms with E-state index in [0.29, 0.717) is 35.6 Å². The molecule has 0 radical (unpaired) electrons. The molecule has 3 aromatic rings. The van der Waals surface area contributed by atoms with Crippen molar-refractivity contribution in [3.05, 3.63) is 70.0 Å². The highest BCUT2D eigenvalue weighted by atomic mass is 16.5. The molecule has 3 heterocycles. The predicted octanol–water partition coefficient (Wildman–Crippen LogP) is 2.11. The summed E-state index contributed by atoms with van der Waals surface area (Å²) in [5, 5.41) is 0.608. The lowest BCUT2D eigenvalue weighted by Gasteiger charge is -2.23. The Kier molecular flexibility index (Phi) is 3.60. The molecule has 1 atom stereocenters. The van der Waals surface area contributed by atoms with Crippen LogP contribution in [-0.2, 0) is 17.9 Å². The van der Waals surface area contributed by atoms with Crippen LogP contribution in [-0.4, -0.2) is 20.6 Å². The van der Waals surface area contributed by atoms with Crippen molar-refractivity contribution in [2.45, 2.75) is 26.2 Å². The van der Waals surface area contributed by atoms with E-state index in [4.69, 9.17) is 4.74 Å². The monoisotopic (exact) mass is 317 g/mol. The second kappa shape index (κ2) is 5.91. The minimum atomic E-state index is -0.0191. The third-order valence-electron chi connectivity index (χ3n) is 3.97. The Hall–Kier alpha value is -2.97. The Labute approximate surface area is 138 Å². The molecule has 5 heteroatoms. The van der Waals surface area contributed by atoms with Crippen LogP contribution in [0.1, 0.15) is 24.0 Å². The first-order valence-corrected chi connectivity index (χ1v) is 7.79. The van der Waals surface area contributed by atoms with Crippen molar-refractivity contribution in [3.8, 4) is 11.8 Å². The molecule has 0 aliphatic carbocycles. The van der Waals surface area contributed by atoms with Crippen LogP contribution in [0, 0.1) is 11.8 Å². The minimum absolute atomic E-state index is 0.0191. The second-order valence-corrected chi connectivity index (χ2v) is 5.76. The Morgan fingerprint density at radius 2 is 2.17 bits per heavy atom. The quantitative estimate of drug-likeness (QED) is 0.596. The lowest BCUT2D eigenvalue weighted by Crippen LogP contribution is -2.35. The number of rotatable bonds is 0. The SMILES string of the molecule is CC1Cn2c(nc3cc(C#Cc4ccccn4)ccc3c2=O)CO1. The molecule has 0 saturated carbocycles. The van der Waals surface area contributed by atoms with Crippen molar-refractivity contribution in [3.63, 3.8) is 0 Å². The lowest BCUT2D eigenvalue weighted by molar-refractivity contribution is 0.0117.